The lowest BCUT2D eigenvalue weighted by Crippen LogP contribution is -2.31. The van der Waals surface area contributed by atoms with Gasteiger partial charge in [0.25, 0.3) is 11.9 Å². The maximum atomic E-state index is 13.2. The van der Waals surface area contributed by atoms with E-state index in [9.17, 15) is 4.79 Å². The van der Waals surface area contributed by atoms with Crippen molar-refractivity contribution in [3.8, 4) is 0 Å². The summed E-state index contributed by atoms with van der Waals surface area (Å²) in [6.45, 7) is 3.59. The first-order valence-corrected chi connectivity index (χ1v) is 12.2. The first-order valence-electron chi connectivity index (χ1n) is 12.2. The largest absolute Gasteiger partial charge is 0.422 e. The SMILES string of the molecule is N=C/C(=C\N)c1cccc(C(=O)Nc2cc3oc(N4CCCCC4)nc3nc2N2CCCCC2)n1. The summed E-state index contributed by atoms with van der Waals surface area (Å²) in [5.74, 6) is 0.325. The molecule has 182 valence electrons. The first-order chi connectivity index (χ1) is 17.2. The van der Waals surface area contributed by atoms with Crippen LogP contribution in [0.5, 0.6) is 0 Å². The molecular weight excluding hydrogens is 444 g/mol. The molecule has 35 heavy (non-hydrogen) atoms. The summed E-state index contributed by atoms with van der Waals surface area (Å²) in [6.07, 6.45) is 9.22. The van der Waals surface area contributed by atoms with Crippen LogP contribution in [-0.4, -0.2) is 53.3 Å². The second-order valence-corrected chi connectivity index (χ2v) is 8.90. The van der Waals surface area contributed by atoms with Crippen LogP contribution in [0.15, 0.2) is 34.9 Å². The highest BCUT2D eigenvalue weighted by molar-refractivity contribution is 6.09. The van der Waals surface area contributed by atoms with Crippen molar-refractivity contribution in [2.24, 2.45) is 5.73 Å². The fourth-order valence-electron chi connectivity index (χ4n) is 4.62. The van der Waals surface area contributed by atoms with Gasteiger partial charge in [0, 0.05) is 50.2 Å². The Bertz CT molecular complexity index is 1260. The van der Waals surface area contributed by atoms with E-state index in [1.54, 1.807) is 18.2 Å². The van der Waals surface area contributed by atoms with E-state index in [-0.39, 0.29) is 11.6 Å². The van der Waals surface area contributed by atoms with E-state index >= 15 is 0 Å². The topological polar surface area (TPSA) is 137 Å². The van der Waals surface area contributed by atoms with Crippen molar-refractivity contribution in [1.29, 1.82) is 5.41 Å². The highest BCUT2D eigenvalue weighted by Gasteiger charge is 2.23. The average molecular weight is 475 g/mol. The number of nitrogens with zero attached hydrogens (tertiary/aromatic N) is 5. The number of aromatic nitrogens is 3. The number of nitrogens with one attached hydrogen (secondary N) is 2. The minimum Gasteiger partial charge on any atom is -0.422 e. The summed E-state index contributed by atoms with van der Waals surface area (Å²) in [5, 5.41) is 10.5. The monoisotopic (exact) mass is 474 g/mol. The summed E-state index contributed by atoms with van der Waals surface area (Å²) in [4.78, 5) is 31.5. The Morgan fingerprint density at radius 3 is 2.34 bits per heavy atom. The van der Waals surface area contributed by atoms with Crippen LogP contribution in [0.3, 0.4) is 0 Å². The lowest BCUT2D eigenvalue weighted by atomic mass is 10.1. The number of carbonyl (C=O) groups excluding carboxylic acids is 1. The molecule has 0 atom stereocenters. The van der Waals surface area contributed by atoms with Crippen LogP contribution in [0.4, 0.5) is 17.5 Å². The van der Waals surface area contributed by atoms with Crippen LogP contribution in [0, 0.1) is 5.41 Å². The van der Waals surface area contributed by atoms with Crippen molar-refractivity contribution in [2.45, 2.75) is 38.5 Å². The van der Waals surface area contributed by atoms with E-state index in [1.165, 1.54) is 19.0 Å². The Kier molecular flexibility index (Phi) is 6.60. The van der Waals surface area contributed by atoms with E-state index < -0.39 is 0 Å². The summed E-state index contributed by atoms with van der Waals surface area (Å²) in [7, 11) is 0. The molecule has 0 aliphatic carbocycles. The molecule has 5 heterocycles. The van der Waals surface area contributed by atoms with Gasteiger partial charge in [-0.2, -0.15) is 4.98 Å². The fourth-order valence-corrected chi connectivity index (χ4v) is 4.62. The number of hydrogen-bond donors (Lipinski definition) is 3. The maximum absolute atomic E-state index is 13.2. The molecule has 4 N–H and O–H groups in total. The number of fused-ring (bicyclic) bond motifs is 1. The number of amides is 1. The van der Waals surface area contributed by atoms with Crippen LogP contribution in [0.2, 0.25) is 0 Å². The molecule has 3 aromatic rings. The number of allylic oxidation sites excluding steroid dienone is 1. The number of carbonyl (C=O) groups is 1. The molecule has 0 radical (unpaired) electrons. The normalized spacial score (nSPS) is 17.0. The predicted molar refractivity (Wildman–Crippen MR) is 137 cm³/mol. The zero-order valence-electron chi connectivity index (χ0n) is 19.7. The molecule has 2 aliphatic rings. The standard InChI is InChI=1S/C25H30N8O2/c26-15-17(16-27)18-8-7-9-19(28-18)24(34)29-20-14-21-22(30-23(20)32-10-3-1-4-11-32)31-25(35-21)33-12-5-2-6-13-33/h7-9,14-16,26H,1-6,10-13,27H2,(H,29,34)/b17-16+,26-15?. The van der Waals surface area contributed by atoms with Crippen molar-refractivity contribution in [1.82, 2.24) is 15.0 Å². The number of nitrogens with two attached hydrogens (primary N) is 1. The fraction of sp³-hybridized carbons (Fsp3) is 0.400. The smallest absolute Gasteiger partial charge is 0.299 e. The number of rotatable bonds is 6. The maximum Gasteiger partial charge on any atom is 0.299 e. The molecule has 0 spiro atoms. The number of anilines is 3. The van der Waals surface area contributed by atoms with Crippen molar-refractivity contribution in [3.63, 3.8) is 0 Å². The summed E-state index contributed by atoms with van der Waals surface area (Å²) >= 11 is 0. The molecule has 1 amide bonds. The van der Waals surface area contributed by atoms with Gasteiger partial charge in [-0.15, -0.1) is 0 Å². The lowest BCUT2D eigenvalue weighted by molar-refractivity contribution is 0.102. The van der Waals surface area contributed by atoms with Gasteiger partial charge in [0.15, 0.2) is 11.4 Å². The molecule has 0 bridgehead atoms. The number of oxazole rings is 1. The predicted octanol–water partition coefficient (Wildman–Crippen LogP) is 3.80. The second kappa shape index (κ2) is 10.1. The van der Waals surface area contributed by atoms with E-state index in [0.29, 0.717) is 40.0 Å². The van der Waals surface area contributed by atoms with Crippen molar-refractivity contribution < 1.29 is 9.21 Å². The zero-order chi connectivity index (χ0) is 24.2. The van der Waals surface area contributed by atoms with Gasteiger partial charge in [-0.3, -0.25) is 4.79 Å². The number of pyridine rings is 2. The second-order valence-electron chi connectivity index (χ2n) is 8.90. The Hall–Kier alpha value is -3.95. The van der Waals surface area contributed by atoms with Gasteiger partial charge >= 0.3 is 0 Å². The third kappa shape index (κ3) is 4.82. The molecule has 10 heteroatoms. The lowest BCUT2D eigenvalue weighted by Gasteiger charge is -2.29. The minimum atomic E-state index is -0.372. The van der Waals surface area contributed by atoms with E-state index in [0.717, 1.165) is 58.1 Å². The van der Waals surface area contributed by atoms with Gasteiger partial charge in [0.2, 0.25) is 5.65 Å². The number of hydrogen-bond acceptors (Lipinski definition) is 9. The molecule has 2 saturated heterocycles. The first kappa shape index (κ1) is 22.8. The van der Waals surface area contributed by atoms with Crippen molar-refractivity contribution >= 4 is 46.4 Å². The molecule has 10 nitrogen and oxygen atoms in total. The van der Waals surface area contributed by atoms with Gasteiger partial charge < -0.3 is 30.7 Å². The van der Waals surface area contributed by atoms with Crippen LogP contribution >= 0.6 is 0 Å². The average Bonchev–Trinajstić information content (AvgIpc) is 3.33. The van der Waals surface area contributed by atoms with Gasteiger partial charge in [0.05, 0.1) is 11.4 Å². The number of piperidine rings is 2. The highest BCUT2D eigenvalue weighted by Crippen LogP contribution is 2.33. The molecular formula is C25H30N8O2. The van der Waals surface area contributed by atoms with Gasteiger partial charge in [-0.25, -0.2) is 9.97 Å². The molecule has 2 fully saturated rings. The highest BCUT2D eigenvalue weighted by atomic mass is 16.4. The van der Waals surface area contributed by atoms with Crippen LogP contribution in [0.25, 0.3) is 16.8 Å². The Labute approximate surface area is 203 Å². The molecule has 3 aromatic heterocycles. The molecule has 2 aliphatic heterocycles. The minimum absolute atomic E-state index is 0.222. The van der Waals surface area contributed by atoms with Crippen molar-refractivity contribution in [3.05, 3.63) is 41.9 Å². The third-order valence-corrected chi connectivity index (χ3v) is 6.49. The van der Waals surface area contributed by atoms with Crippen LogP contribution < -0.4 is 20.9 Å². The zero-order valence-corrected chi connectivity index (χ0v) is 19.7. The van der Waals surface area contributed by atoms with Crippen molar-refractivity contribution in [2.75, 3.05) is 41.3 Å². The van der Waals surface area contributed by atoms with Crippen LogP contribution in [0.1, 0.15) is 54.7 Å². The van der Waals surface area contributed by atoms with Gasteiger partial charge in [-0.1, -0.05) is 6.07 Å². The quantitative estimate of drug-likeness (QED) is 0.459. The molecule has 5 rings (SSSR count). The molecule has 0 unspecified atom stereocenters. The van der Waals surface area contributed by atoms with E-state index in [4.69, 9.17) is 20.5 Å². The Balaban J connectivity index is 1.49. The molecule has 0 aromatic carbocycles. The van der Waals surface area contributed by atoms with E-state index in [2.05, 4.69) is 25.1 Å². The van der Waals surface area contributed by atoms with E-state index in [1.807, 2.05) is 6.07 Å². The Morgan fingerprint density at radius 2 is 1.66 bits per heavy atom. The summed E-state index contributed by atoms with van der Waals surface area (Å²) < 4.78 is 6.08. The Morgan fingerprint density at radius 1 is 0.971 bits per heavy atom. The summed E-state index contributed by atoms with van der Waals surface area (Å²) in [6, 6.07) is 7.47. The summed E-state index contributed by atoms with van der Waals surface area (Å²) in [5.41, 5.74) is 8.36. The van der Waals surface area contributed by atoms with Gasteiger partial charge in [-0.05, 0) is 50.7 Å². The third-order valence-electron chi connectivity index (χ3n) is 6.49. The van der Waals surface area contributed by atoms with Gasteiger partial charge in [0.1, 0.15) is 5.69 Å². The van der Waals surface area contributed by atoms with Crippen LogP contribution in [-0.2, 0) is 0 Å². The molecule has 0 saturated carbocycles.